The number of ether oxygens (including phenoxy) is 2. The van der Waals surface area contributed by atoms with E-state index < -0.39 is 34.1 Å². The predicted octanol–water partition coefficient (Wildman–Crippen LogP) is 5.45. The number of anilines is 2. The van der Waals surface area contributed by atoms with Crippen LogP contribution in [0.3, 0.4) is 0 Å². The van der Waals surface area contributed by atoms with Crippen LogP contribution in [0.1, 0.15) is 50.4 Å². The fourth-order valence-corrected chi connectivity index (χ4v) is 6.61. The van der Waals surface area contributed by atoms with Crippen LogP contribution in [0.4, 0.5) is 16.2 Å². The van der Waals surface area contributed by atoms with Gasteiger partial charge in [0.1, 0.15) is 5.75 Å². The number of nitrogens with zero attached hydrogens (tertiary/aromatic N) is 2. The molecule has 47 heavy (non-hydrogen) atoms. The van der Waals surface area contributed by atoms with Gasteiger partial charge in [0, 0.05) is 44.0 Å². The van der Waals surface area contributed by atoms with Crippen molar-refractivity contribution in [1.82, 2.24) is 9.21 Å². The lowest BCUT2D eigenvalue weighted by molar-refractivity contribution is -0.00833. The van der Waals surface area contributed by atoms with E-state index in [9.17, 15) is 23.1 Å². The molecule has 0 bridgehead atoms. The summed E-state index contributed by atoms with van der Waals surface area (Å²) in [5, 5.41) is 15.8. The Balaban J connectivity index is 1.63. The molecule has 3 N–H and O–H groups in total. The van der Waals surface area contributed by atoms with Crippen LogP contribution in [0.5, 0.6) is 5.75 Å². The Morgan fingerprint density at radius 2 is 1.66 bits per heavy atom. The molecular formula is C35H46N4O7S. The van der Waals surface area contributed by atoms with Crippen LogP contribution in [-0.4, -0.2) is 86.3 Å². The lowest BCUT2D eigenvalue weighted by atomic mass is 10.0. The number of para-hydroxylation sites is 1. The summed E-state index contributed by atoms with van der Waals surface area (Å²) in [5.41, 5.74) is 1.24. The summed E-state index contributed by atoms with van der Waals surface area (Å²) in [5.74, 6) is -0.336. The molecular weight excluding hydrogens is 620 g/mol. The zero-order chi connectivity index (χ0) is 34.0. The molecule has 4 atom stereocenters. The number of rotatable bonds is 8. The maximum atomic E-state index is 14.3. The first-order chi connectivity index (χ1) is 22.5. The first-order valence-electron chi connectivity index (χ1n) is 16.0. The van der Waals surface area contributed by atoms with E-state index in [-0.39, 0.29) is 42.2 Å². The number of urea groups is 1. The van der Waals surface area contributed by atoms with E-state index in [4.69, 9.17) is 9.47 Å². The summed E-state index contributed by atoms with van der Waals surface area (Å²) < 4.78 is 40.6. The van der Waals surface area contributed by atoms with Gasteiger partial charge in [0.15, 0.2) is 0 Å². The van der Waals surface area contributed by atoms with Crippen molar-refractivity contribution in [2.45, 2.75) is 63.2 Å². The fraction of sp³-hybridized carbons (Fsp3) is 0.429. The second-order valence-electron chi connectivity index (χ2n) is 12.1. The van der Waals surface area contributed by atoms with Gasteiger partial charge in [-0.15, -0.1) is 0 Å². The minimum absolute atomic E-state index is 0.0780. The topological polar surface area (TPSA) is 138 Å². The van der Waals surface area contributed by atoms with Gasteiger partial charge in [0.2, 0.25) is 10.0 Å². The Kier molecular flexibility index (Phi) is 12.8. The number of fused-ring (bicyclic) bond motifs is 1. The normalized spacial score (nSPS) is 20.4. The molecule has 0 spiro atoms. The molecule has 0 unspecified atom stereocenters. The van der Waals surface area contributed by atoms with Gasteiger partial charge in [-0.05, 0) is 75.6 Å². The highest BCUT2D eigenvalue weighted by atomic mass is 32.2. The highest BCUT2D eigenvalue weighted by molar-refractivity contribution is 7.89. The number of benzene rings is 3. The minimum Gasteiger partial charge on any atom is -0.490 e. The van der Waals surface area contributed by atoms with Gasteiger partial charge < -0.3 is 30.1 Å². The third-order valence-corrected chi connectivity index (χ3v) is 10.1. The standard InChI is InChI=1S/C35H46N4O7S/c1-25-22-39(26(2)24-40)34(41)31-21-29(37-35(42)36-28-14-7-5-8-15-28)18-19-32(31)46-27(3)13-11-12-20-45-33(25)23-38(4)47(43,44)30-16-9-6-10-17-30/h5-10,14-19,21,25-27,33,40H,11-13,20,22-24H2,1-4H3,(H2,36,37,42)/t25-,26-,27+,33+/m1/s1. The SMILES string of the molecule is C[C@@H]1CN([C@H](C)CO)C(=O)c2cc(NC(=O)Nc3ccccc3)ccc2O[C@@H](C)CCCCO[C@H]1CN(C)S(=O)(=O)c1ccccc1. The maximum absolute atomic E-state index is 14.3. The molecule has 12 heteroatoms. The highest BCUT2D eigenvalue weighted by Gasteiger charge is 2.32. The number of hydrogen-bond donors (Lipinski definition) is 3. The summed E-state index contributed by atoms with van der Waals surface area (Å²) in [6.45, 7) is 5.96. The lowest BCUT2D eigenvalue weighted by Crippen LogP contribution is -2.48. The van der Waals surface area contributed by atoms with Crippen molar-refractivity contribution >= 4 is 33.3 Å². The maximum Gasteiger partial charge on any atom is 0.323 e. The molecule has 0 saturated carbocycles. The molecule has 3 amide bonds. The zero-order valence-corrected chi connectivity index (χ0v) is 28.3. The molecule has 1 heterocycles. The first-order valence-corrected chi connectivity index (χ1v) is 17.4. The number of sulfonamides is 1. The van der Waals surface area contributed by atoms with Crippen molar-refractivity contribution in [3.63, 3.8) is 0 Å². The summed E-state index contributed by atoms with van der Waals surface area (Å²) >= 11 is 0. The average Bonchev–Trinajstić information content (AvgIpc) is 3.06. The summed E-state index contributed by atoms with van der Waals surface area (Å²) in [6, 6.07) is 21.1. The number of nitrogens with one attached hydrogen (secondary N) is 2. The van der Waals surface area contributed by atoms with Crippen molar-refractivity contribution in [2.75, 3.05) is 44.0 Å². The van der Waals surface area contributed by atoms with Crippen molar-refractivity contribution in [3.05, 3.63) is 84.4 Å². The smallest absolute Gasteiger partial charge is 0.323 e. The van der Waals surface area contributed by atoms with Crippen LogP contribution in [0.2, 0.25) is 0 Å². The number of amides is 3. The molecule has 11 nitrogen and oxygen atoms in total. The Morgan fingerprint density at radius 1 is 1.00 bits per heavy atom. The number of carbonyl (C=O) groups is 2. The van der Waals surface area contributed by atoms with Gasteiger partial charge in [-0.1, -0.05) is 43.3 Å². The summed E-state index contributed by atoms with van der Waals surface area (Å²) in [7, 11) is -2.25. The molecule has 254 valence electrons. The Hall–Kier alpha value is -3.97. The van der Waals surface area contributed by atoms with Crippen LogP contribution in [0.25, 0.3) is 0 Å². The third kappa shape index (κ3) is 9.77. The zero-order valence-electron chi connectivity index (χ0n) is 27.5. The fourth-order valence-electron chi connectivity index (χ4n) is 5.40. The van der Waals surface area contributed by atoms with Gasteiger partial charge in [0.25, 0.3) is 5.91 Å². The molecule has 3 aromatic rings. The number of carbonyl (C=O) groups excluding carboxylic acids is 2. The summed E-state index contributed by atoms with van der Waals surface area (Å²) in [6.07, 6.45) is 1.50. The van der Waals surface area contributed by atoms with Gasteiger partial charge in [-0.25, -0.2) is 13.2 Å². The first kappa shape index (κ1) is 35.9. The number of likely N-dealkylation sites (N-methyl/N-ethyl adjacent to an activating group) is 1. The molecule has 0 aliphatic carbocycles. The van der Waals surface area contributed by atoms with Crippen molar-refractivity contribution in [1.29, 1.82) is 0 Å². The van der Waals surface area contributed by atoms with Gasteiger partial charge in [-0.3, -0.25) is 4.79 Å². The van der Waals surface area contributed by atoms with Crippen LogP contribution < -0.4 is 15.4 Å². The van der Waals surface area contributed by atoms with Gasteiger partial charge in [0.05, 0.1) is 35.3 Å². The van der Waals surface area contributed by atoms with Crippen LogP contribution in [0.15, 0.2) is 83.8 Å². The van der Waals surface area contributed by atoms with E-state index in [1.54, 1.807) is 72.5 Å². The minimum atomic E-state index is -3.77. The molecule has 1 aliphatic heterocycles. The van der Waals surface area contributed by atoms with Crippen molar-refractivity contribution < 1.29 is 32.6 Å². The Bertz CT molecular complexity index is 1570. The number of aliphatic hydroxyl groups is 1. The van der Waals surface area contributed by atoms with Crippen LogP contribution >= 0.6 is 0 Å². The molecule has 0 aromatic heterocycles. The number of aliphatic hydroxyl groups excluding tert-OH is 1. The molecule has 0 radical (unpaired) electrons. The van der Waals surface area contributed by atoms with Gasteiger partial charge >= 0.3 is 6.03 Å². The second kappa shape index (κ2) is 16.7. The van der Waals surface area contributed by atoms with E-state index in [1.807, 2.05) is 32.0 Å². The Labute approximate surface area is 277 Å². The predicted molar refractivity (Wildman–Crippen MR) is 182 cm³/mol. The summed E-state index contributed by atoms with van der Waals surface area (Å²) in [4.78, 5) is 28.8. The second-order valence-corrected chi connectivity index (χ2v) is 14.1. The van der Waals surface area contributed by atoms with E-state index in [0.29, 0.717) is 30.2 Å². The van der Waals surface area contributed by atoms with Crippen molar-refractivity contribution in [3.8, 4) is 5.75 Å². The van der Waals surface area contributed by atoms with Crippen LogP contribution in [-0.2, 0) is 14.8 Å². The Morgan fingerprint density at radius 3 is 2.34 bits per heavy atom. The van der Waals surface area contributed by atoms with Crippen LogP contribution in [0, 0.1) is 5.92 Å². The molecule has 1 aliphatic rings. The van der Waals surface area contributed by atoms with E-state index in [0.717, 1.165) is 12.8 Å². The van der Waals surface area contributed by atoms with E-state index in [1.165, 1.54) is 11.4 Å². The molecule has 3 aromatic carbocycles. The quantitative estimate of drug-likeness (QED) is 0.291. The van der Waals surface area contributed by atoms with E-state index in [2.05, 4.69) is 10.6 Å². The third-order valence-electron chi connectivity index (χ3n) is 8.23. The van der Waals surface area contributed by atoms with Crippen molar-refractivity contribution in [2.24, 2.45) is 5.92 Å². The van der Waals surface area contributed by atoms with E-state index >= 15 is 0 Å². The molecule has 0 saturated heterocycles. The highest BCUT2D eigenvalue weighted by Crippen LogP contribution is 2.29. The monoisotopic (exact) mass is 666 g/mol. The van der Waals surface area contributed by atoms with Gasteiger partial charge in [-0.2, -0.15) is 4.31 Å². The average molecular weight is 667 g/mol. The largest absolute Gasteiger partial charge is 0.490 e. The number of hydrogen-bond acceptors (Lipinski definition) is 7. The molecule has 4 rings (SSSR count). The lowest BCUT2D eigenvalue weighted by Gasteiger charge is -2.35. The molecule has 0 fully saturated rings.